The van der Waals surface area contributed by atoms with E-state index in [0.717, 1.165) is 41.9 Å². The second kappa shape index (κ2) is 5.51. The predicted molar refractivity (Wildman–Crippen MR) is 86.8 cm³/mol. The first-order valence-electron chi connectivity index (χ1n) is 8.00. The van der Waals surface area contributed by atoms with E-state index in [1.807, 2.05) is 18.2 Å². The summed E-state index contributed by atoms with van der Waals surface area (Å²) >= 11 is 1.67. The van der Waals surface area contributed by atoms with E-state index in [4.69, 9.17) is 9.72 Å². The zero-order chi connectivity index (χ0) is 15.0. The first kappa shape index (κ1) is 13.9. The van der Waals surface area contributed by atoms with Crippen molar-refractivity contribution in [1.82, 2.24) is 4.98 Å². The lowest BCUT2D eigenvalue weighted by Crippen LogP contribution is -2.36. The standard InChI is InChI=1S/C18H19NO2S/c20-16-11-14(18(21-16)9-5-2-6-10-18)17-19-15(12-22-17)13-7-3-1-4-8-13/h1,3-4,7-8,12,14H,2,5-6,9-11H2. The van der Waals surface area contributed by atoms with Crippen LogP contribution in [0.5, 0.6) is 0 Å². The number of benzene rings is 1. The smallest absolute Gasteiger partial charge is 0.307 e. The molecule has 1 aromatic carbocycles. The lowest BCUT2D eigenvalue weighted by atomic mass is 9.76. The van der Waals surface area contributed by atoms with E-state index in [-0.39, 0.29) is 17.5 Å². The van der Waals surface area contributed by atoms with Crippen molar-refractivity contribution < 1.29 is 9.53 Å². The Kier molecular flexibility index (Phi) is 3.49. The molecule has 4 heteroatoms. The highest BCUT2D eigenvalue weighted by Crippen LogP contribution is 2.50. The molecule has 1 saturated heterocycles. The Bertz CT molecular complexity index is 673. The molecule has 1 aliphatic carbocycles. The summed E-state index contributed by atoms with van der Waals surface area (Å²) in [7, 11) is 0. The second-order valence-corrected chi connectivity index (χ2v) is 7.18. The summed E-state index contributed by atoms with van der Waals surface area (Å²) in [5.74, 6) is 0.0890. The van der Waals surface area contributed by atoms with Gasteiger partial charge in [0.05, 0.1) is 18.0 Å². The molecule has 22 heavy (non-hydrogen) atoms. The van der Waals surface area contributed by atoms with Crippen molar-refractivity contribution in [3.63, 3.8) is 0 Å². The summed E-state index contributed by atoms with van der Waals surface area (Å²) in [6.07, 6.45) is 6.02. The Balaban J connectivity index is 1.66. The summed E-state index contributed by atoms with van der Waals surface area (Å²) in [6, 6.07) is 10.2. The number of rotatable bonds is 2. The molecule has 0 radical (unpaired) electrons. The average molecular weight is 313 g/mol. The number of carbonyl (C=O) groups is 1. The fourth-order valence-electron chi connectivity index (χ4n) is 3.79. The van der Waals surface area contributed by atoms with Gasteiger partial charge in [0.1, 0.15) is 10.6 Å². The van der Waals surface area contributed by atoms with E-state index in [1.54, 1.807) is 11.3 Å². The van der Waals surface area contributed by atoms with Crippen molar-refractivity contribution >= 4 is 17.3 Å². The molecular weight excluding hydrogens is 294 g/mol. The molecule has 0 N–H and O–H groups in total. The van der Waals surface area contributed by atoms with Gasteiger partial charge in [0, 0.05) is 10.9 Å². The van der Waals surface area contributed by atoms with Gasteiger partial charge in [0.15, 0.2) is 0 Å². The number of esters is 1. The molecule has 2 fully saturated rings. The van der Waals surface area contributed by atoms with Crippen LogP contribution in [0.25, 0.3) is 11.3 Å². The van der Waals surface area contributed by atoms with Crippen LogP contribution in [-0.4, -0.2) is 16.6 Å². The van der Waals surface area contributed by atoms with Crippen molar-refractivity contribution in [2.75, 3.05) is 0 Å². The molecule has 1 atom stereocenters. The van der Waals surface area contributed by atoms with E-state index in [1.165, 1.54) is 6.42 Å². The van der Waals surface area contributed by atoms with Crippen LogP contribution in [-0.2, 0) is 9.53 Å². The highest BCUT2D eigenvalue weighted by atomic mass is 32.1. The zero-order valence-corrected chi connectivity index (χ0v) is 13.3. The molecule has 4 rings (SSSR count). The van der Waals surface area contributed by atoms with Gasteiger partial charge >= 0.3 is 5.97 Å². The summed E-state index contributed by atoms with van der Waals surface area (Å²) in [6.45, 7) is 0. The Morgan fingerprint density at radius 3 is 2.68 bits per heavy atom. The van der Waals surface area contributed by atoms with Gasteiger partial charge in [-0.3, -0.25) is 4.79 Å². The Morgan fingerprint density at radius 2 is 1.91 bits per heavy atom. The van der Waals surface area contributed by atoms with Crippen LogP contribution in [0.1, 0.15) is 49.5 Å². The molecule has 0 amide bonds. The van der Waals surface area contributed by atoms with Crippen LogP contribution in [0, 0.1) is 0 Å². The largest absolute Gasteiger partial charge is 0.458 e. The van der Waals surface area contributed by atoms with Gasteiger partial charge < -0.3 is 4.74 Å². The fourth-order valence-corrected chi connectivity index (χ4v) is 4.83. The predicted octanol–water partition coefficient (Wildman–Crippen LogP) is 4.54. The van der Waals surface area contributed by atoms with Crippen molar-refractivity contribution in [1.29, 1.82) is 0 Å². The van der Waals surface area contributed by atoms with Crippen LogP contribution in [0.3, 0.4) is 0 Å². The number of aromatic nitrogens is 1. The summed E-state index contributed by atoms with van der Waals surface area (Å²) in [4.78, 5) is 16.8. The SMILES string of the molecule is O=C1CC(c2nc(-c3ccccc3)cs2)C2(CCCCC2)O1. The highest BCUT2D eigenvalue weighted by molar-refractivity contribution is 7.10. The van der Waals surface area contributed by atoms with E-state index in [0.29, 0.717) is 6.42 Å². The number of hydrogen-bond donors (Lipinski definition) is 0. The highest BCUT2D eigenvalue weighted by Gasteiger charge is 2.51. The minimum absolute atomic E-state index is 0.0524. The van der Waals surface area contributed by atoms with Crippen molar-refractivity contribution in [2.45, 2.75) is 50.0 Å². The van der Waals surface area contributed by atoms with E-state index < -0.39 is 0 Å². The fraction of sp³-hybridized carbons (Fsp3) is 0.444. The van der Waals surface area contributed by atoms with Crippen LogP contribution in [0.15, 0.2) is 35.7 Å². The first-order chi connectivity index (χ1) is 10.8. The maximum absolute atomic E-state index is 11.9. The quantitative estimate of drug-likeness (QED) is 0.764. The van der Waals surface area contributed by atoms with Gasteiger partial charge in [-0.2, -0.15) is 0 Å². The van der Waals surface area contributed by atoms with Gasteiger partial charge in [-0.25, -0.2) is 4.98 Å². The number of thiazole rings is 1. The van der Waals surface area contributed by atoms with Gasteiger partial charge in [-0.1, -0.05) is 36.8 Å². The third-order valence-corrected chi connectivity index (χ3v) is 5.87. The lowest BCUT2D eigenvalue weighted by Gasteiger charge is -2.35. The van der Waals surface area contributed by atoms with Gasteiger partial charge in [0.25, 0.3) is 0 Å². The summed E-state index contributed by atoms with van der Waals surface area (Å²) in [5.41, 5.74) is 1.86. The average Bonchev–Trinajstić information content (AvgIpc) is 3.14. The first-order valence-corrected chi connectivity index (χ1v) is 8.87. The second-order valence-electron chi connectivity index (χ2n) is 6.29. The topological polar surface area (TPSA) is 39.2 Å². The number of nitrogens with zero attached hydrogens (tertiary/aromatic N) is 1. The van der Waals surface area contributed by atoms with Crippen LogP contribution < -0.4 is 0 Å². The zero-order valence-electron chi connectivity index (χ0n) is 12.5. The van der Waals surface area contributed by atoms with Crippen LogP contribution in [0.4, 0.5) is 0 Å². The van der Waals surface area contributed by atoms with E-state index in [2.05, 4.69) is 17.5 Å². The van der Waals surface area contributed by atoms with Gasteiger partial charge in [-0.15, -0.1) is 11.3 Å². The van der Waals surface area contributed by atoms with Gasteiger partial charge in [-0.05, 0) is 25.7 Å². The molecule has 0 bridgehead atoms. The molecule has 3 nitrogen and oxygen atoms in total. The molecular formula is C18H19NO2S. The molecule has 2 aromatic rings. The summed E-state index contributed by atoms with van der Waals surface area (Å²) < 4.78 is 5.80. The lowest BCUT2D eigenvalue weighted by molar-refractivity contribution is -0.151. The Labute approximate surface area is 134 Å². The molecule has 1 saturated carbocycles. The van der Waals surface area contributed by atoms with Crippen LogP contribution in [0.2, 0.25) is 0 Å². The molecule has 1 spiro atoms. The minimum atomic E-state index is -0.277. The molecule has 1 aromatic heterocycles. The third kappa shape index (κ3) is 2.35. The molecule has 1 unspecified atom stereocenters. The van der Waals surface area contributed by atoms with Gasteiger partial charge in [0.2, 0.25) is 0 Å². The summed E-state index contributed by atoms with van der Waals surface area (Å²) in [5, 5.41) is 3.16. The molecule has 2 heterocycles. The normalized spacial score (nSPS) is 23.6. The molecule has 2 aliphatic rings. The number of carbonyl (C=O) groups excluding carboxylic acids is 1. The van der Waals surface area contributed by atoms with Crippen molar-refractivity contribution in [3.8, 4) is 11.3 Å². The molecule has 1 aliphatic heterocycles. The number of ether oxygens (including phenoxy) is 1. The Hall–Kier alpha value is -1.68. The van der Waals surface area contributed by atoms with E-state index >= 15 is 0 Å². The number of hydrogen-bond acceptors (Lipinski definition) is 4. The minimum Gasteiger partial charge on any atom is -0.458 e. The monoisotopic (exact) mass is 313 g/mol. The van der Waals surface area contributed by atoms with Crippen molar-refractivity contribution in [3.05, 3.63) is 40.7 Å². The van der Waals surface area contributed by atoms with E-state index in [9.17, 15) is 4.79 Å². The maximum Gasteiger partial charge on any atom is 0.307 e. The third-order valence-electron chi connectivity index (χ3n) is 4.91. The Morgan fingerprint density at radius 1 is 1.14 bits per heavy atom. The van der Waals surface area contributed by atoms with Crippen molar-refractivity contribution in [2.24, 2.45) is 0 Å². The van der Waals surface area contributed by atoms with Crippen LogP contribution >= 0.6 is 11.3 Å². The molecule has 114 valence electrons. The maximum atomic E-state index is 11.9.